The van der Waals surface area contributed by atoms with Crippen molar-refractivity contribution in [3.63, 3.8) is 0 Å². The number of aromatic nitrogens is 4. The molecule has 0 amide bonds. The molecule has 9 rings (SSSR count). The third-order valence-electron chi connectivity index (χ3n) is 9.85. The standard InChI is InChI=1S/C47H31F3N4/c1-30-14-8-9-19-35(30)33-24-26-39-38-21-11-13-23-42(38)54(43(39)28-33)34-25-27-36(37-20-10-12-22-41(37)47(48,49)50)40(29-34)46-52-44(31-15-4-2-5-16-31)51-45(53-46)32-17-6-3-7-18-32/h2-29H,1H3. The number of nitrogens with zero attached hydrogens (tertiary/aromatic N) is 4. The van der Waals surface area contributed by atoms with Crippen molar-refractivity contribution in [1.29, 1.82) is 0 Å². The van der Waals surface area contributed by atoms with Crippen LogP contribution in [-0.4, -0.2) is 19.5 Å². The molecule has 0 aliphatic carbocycles. The molecule has 54 heavy (non-hydrogen) atoms. The lowest BCUT2D eigenvalue weighted by Crippen LogP contribution is -2.08. The molecule has 0 aliphatic rings. The predicted molar refractivity (Wildman–Crippen MR) is 211 cm³/mol. The fraction of sp³-hybridized carbons (Fsp3) is 0.0426. The quantitative estimate of drug-likeness (QED) is 0.173. The van der Waals surface area contributed by atoms with Crippen molar-refractivity contribution in [3.8, 4) is 62.1 Å². The Hall–Kier alpha value is -6.86. The van der Waals surface area contributed by atoms with E-state index in [9.17, 15) is 13.2 Å². The van der Waals surface area contributed by atoms with Crippen LogP contribution >= 0.6 is 0 Å². The Morgan fingerprint density at radius 3 is 1.69 bits per heavy atom. The number of hydrogen-bond acceptors (Lipinski definition) is 3. The summed E-state index contributed by atoms with van der Waals surface area (Å²) in [5, 5.41) is 2.13. The van der Waals surface area contributed by atoms with Gasteiger partial charge in [0.25, 0.3) is 0 Å². The Bertz CT molecular complexity index is 2770. The molecule has 0 saturated heterocycles. The summed E-state index contributed by atoms with van der Waals surface area (Å²) in [5.74, 6) is 1.09. The van der Waals surface area contributed by atoms with Gasteiger partial charge in [0.15, 0.2) is 17.5 Å². The Labute approximate surface area is 309 Å². The molecule has 7 aromatic carbocycles. The van der Waals surface area contributed by atoms with E-state index >= 15 is 0 Å². The number of hydrogen-bond donors (Lipinski definition) is 0. The zero-order valence-corrected chi connectivity index (χ0v) is 29.1. The molecular formula is C47H31F3N4. The van der Waals surface area contributed by atoms with Crippen molar-refractivity contribution in [1.82, 2.24) is 19.5 Å². The van der Waals surface area contributed by atoms with Gasteiger partial charge in [0, 0.05) is 33.2 Å². The highest BCUT2D eigenvalue weighted by atomic mass is 19.4. The number of para-hydroxylation sites is 1. The van der Waals surface area contributed by atoms with Gasteiger partial charge >= 0.3 is 6.18 Å². The van der Waals surface area contributed by atoms with Gasteiger partial charge in [-0.1, -0.05) is 140 Å². The second-order valence-electron chi connectivity index (χ2n) is 13.2. The van der Waals surface area contributed by atoms with Crippen LogP contribution in [0.25, 0.3) is 83.9 Å². The zero-order chi connectivity index (χ0) is 36.8. The van der Waals surface area contributed by atoms with Crippen LogP contribution in [0.4, 0.5) is 13.2 Å². The van der Waals surface area contributed by atoms with E-state index in [-0.39, 0.29) is 11.4 Å². The summed E-state index contributed by atoms with van der Waals surface area (Å²) < 4.78 is 46.1. The largest absolute Gasteiger partial charge is 0.417 e. The van der Waals surface area contributed by atoms with E-state index in [0.717, 1.165) is 61.4 Å². The molecule has 4 nitrogen and oxygen atoms in total. The van der Waals surface area contributed by atoms with Gasteiger partial charge in [-0.15, -0.1) is 0 Å². The number of fused-ring (bicyclic) bond motifs is 3. The molecule has 260 valence electrons. The van der Waals surface area contributed by atoms with E-state index in [1.165, 1.54) is 12.1 Å². The van der Waals surface area contributed by atoms with E-state index in [0.29, 0.717) is 22.8 Å². The minimum absolute atomic E-state index is 0.0403. The van der Waals surface area contributed by atoms with E-state index < -0.39 is 11.7 Å². The van der Waals surface area contributed by atoms with Crippen LogP contribution in [-0.2, 0) is 6.18 Å². The summed E-state index contributed by atoms with van der Waals surface area (Å²) >= 11 is 0. The molecule has 9 aromatic rings. The lowest BCUT2D eigenvalue weighted by Gasteiger charge is -2.18. The molecule has 0 spiro atoms. The van der Waals surface area contributed by atoms with Crippen molar-refractivity contribution >= 4 is 21.8 Å². The van der Waals surface area contributed by atoms with Gasteiger partial charge < -0.3 is 4.57 Å². The van der Waals surface area contributed by atoms with Gasteiger partial charge in [0.05, 0.1) is 16.6 Å². The van der Waals surface area contributed by atoms with Gasteiger partial charge in [-0.2, -0.15) is 13.2 Å². The van der Waals surface area contributed by atoms with Crippen LogP contribution in [0.5, 0.6) is 0 Å². The topological polar surface area (TPSA) is 43.6 Å². The number of halogens is 3. The van der Waals surface area contributed by atoms with Crippen LogP contribution < -0.4 is 0 Å². The van der Waals surface area contributed by atoms with Crippen LogP contribution in [0.3, 0.4) is 0 Å². The maximum atomic E-state index is 14.7. The summed E-state index contributed by atoms with van der Waals surface area (Å²) in [5.41, 5.74) is 7.68. The summed E-state index contributed by atoms with van der Waals surface area (Å²) in [6.45, 7) is 2.10. The monoisotopic (exact) mass is 708 g/mol. The predicted octanol–water partition coefficient (Wildman–Crippen LogP) is 12.6. The van der Waals surface area contributed by atoms with Gasteiger partial charge in [0.1, 0.15) is 0 Å². The van der Waals surface area contributed by atoms with Crippen LogP contribution in [0.2, 0.25) is 0 Å². The first-order valence-electron chi connectivity index (χ1n) is 17.6. The highest BCUT2D eigenvalue weighted by Crippen LogP contribution is 2.43. The Morgan fingerprint density at radius 2 is 1.00 bits per heavy atom. The van der Waals surface area contributed by atoms with E-state index in [1.54, 1.807) is 12.1 Å². The second-order valence-corrected chi connectivity index (χ2v) is 13.2. The average Bonchev–Trinajstić information content (AvgIpc) is 3.54. The molecule has 0 aliphatic heterocycles. The average molecular weight is 709 g/mol. The summed E-state index contributed by atoms with van der Waals surface area (Å²) in [6, 6.07) is 53.2. The first kappa shape index (κ1) is 33.0. The highest BCUT2D eigenvalue weighted by Gasteiger charge is 2.34. The third-order valence-corrected chi connectivity index (χ3v) is 9.85. The van der Waals surface area contributed by atoms with Crippen molar-refractivity contribution < 1.29 is 13.2 Å². The molecule has 0 unspecified atom stereocenters. The minimum atomic E-state index is -4.59. The van der Waals surface area contributed by atoms with Gasteiger partial charge in [-0.05, 0) is 65.1 Å². The molecule has 2 heterocycles. The molecular weight excluding hydrogens is 678 g/mol. The lowest BCUT2D eigenvalue weighted by atomic mass is 9.94. The molecule has 0 N–H and O–H groups in total. The smallest absolute Gasteiger partial charge is 0.309 e. The van der Waals surface area contributed by atoms with Gasteiger partial charge in [-0.3, -0.25) is 0 Å². The molecule has 0 fully saturated rings. The van der Waals surface area contributed by atoms with Crippen molar-refractivity contribution in [2.45, 2.75) is 13.1 Å². The first-order chi connectivity index (χ1) is 26.3. The van der Waals surface area contributed by atoms with Gasteiger partial charge in [-0.25, -0.2) is 15.0 Å². The fourth-order valence-electron chi connectivity index (χ4n) is 7.30. The van der Waals surface area contributed by atoms with E-state index in [4.69, 9.17) is 15.0 Å². The maximum absolute atomic E-state index is 14.7. The van der Waals surface area contributed by atoms with E-state index in [1.807, 2.05) is 97.1 Å². The summed E-state index contributed by atoms with van der Waals surface area (Å²) in [4.78, 5) is 14.8. The van der Waals surface area contributed by atoms with Crippen molar-refractivity contribution in [2.75, 3.05) is 0 Å². The van der Waals surface area contributed by atoms with Crippen molar-refractivity contribution in [3.05, 3.63) is 181 Å². The third kappa shape index (κ3) is 5.90. The van der Waals surface area contributed by atoms with E-state index in [2.05, 4.69) is 54.0 Å². The normalized spacial score (nSPS) is 11.7. The molecule has 0 radical (unpaired) electrons. The van der Waals surface area contributed by atoms with Crippen LogP contribution in [0, 0.1) is 6.92 Å². The zero-order valence-electron chi connectivity index (χ0n) is 29.1. The first-order valence-corrected chi connectivity index (χ1v) is 17.6. The molecule has 0 atom stereocenters. The Kier molecular flexibility index (Phi) is 8.12. The number of aryl methyl sites for hydroxylation is 1. The summed E-state index contributed by atoms with van der Waals surface area (Å²) in [7, 11) is 0. The Balaban J connectivity index is 1.35. The van der Waals surface area contributed by atoms with Gasteiger partial charge in [0.2, 0.25) is 0 Å². The number of alkyl halides is 3. The minimum Gasteiger partial charge on any atom is -0.309 e. The van der Waals surface area contributed by atoms with Crippen LogP contribution in [0.15, 0.2) is 170 Å². The fourth-order valence-corrected chi connectivity index (χ4v) is 7.30. The molecule has 2 aromatic heterocycles. The maximum Gasteiger partial charge on any atom is 0.417 e. The number of benzene rings is 7. The summed E-state index contributed by atoms with van der Waals surface area (Å²) in [6.07, 6.45) is -4.59. The van der Waals surface area contributed by atoms with Crippen LogP contribution in [0.1, 0.15) is 11.1 Å². The molecule has 0 saturated carbocycles. The molecule has 0 bridgehead atoms. The molecule has 7 heteroatoms. The lowest BCUT2D eigenvalue weighted by molar-refractivity contribution is -0.137. The highest BCUT2D eigenvalue weighted by molar-refractivity contribution is 6.10. The number of rotatable bonds is 6. The second kappa shape index (κ2) is 13.3. The Morgan fingerprint density at radius 1 is 0.426 bits per heavy atom. The SMILES string of the molecule is Cc1ccccc1-c1ccc2c3ccccc3n(-c3ccc(-c4ccccc4C(F)(F)F)c(-c4nc(-c5ccccc5)nc(-c5ccccc5)n4)c3)c2c1. The van der Waals surface area contributed by atoms with Crippen molar-refractivity contribution in [2.24, 2.45) is 0 Å².